The van der Waals surface area contributed by atoms with E-state index >= 15 is 4.39 Å². The van der Waals surface area contributed by atoms with Crippen molar-refractivity contribution in [2.75, 3.05) is 0 Å². The van der Waals surface area contributed by atoms with Gasteiger partial charge in [-0.1, -0.05) is 113 Å². The lowest BCUT2D eigenvalue weighted by Gasteiger charge is -2.28. The number of aryl methyl sites for hydroxylation is 2. The molecule has 3 aromatic carbocycles. The van der Waals surface area contributed by atoms with Crippen LogP contribution in [0, 0.1) is 29.5 Å². The van der Waals surface area contributed by atoms with Gasteiger partial charge in [-0.3, -0.25) is 0 Å². The van der Waals surface area contributed by atoms with Crippen LogP contribution in [0.15, 0.2) is 67.3 Å². The van der Waals surface area contributed by atoms with Crippen LogP contribution in [0.4, 0.5) is 4.39 Å². The molecule has 0 atom stereocenters. The highest BCUT2D eigenvalue weighted by molar-refractivity contribution is 5.85. The number of hydrogen-bond donors (Lipinski definition) is 0. The maximum absolute atomic E-state index is 15.4. The van der Waals surface area contributed by atoms with E-state index in [1.54, 1.807) is 0 Å². The molecule has 194 valence electrons. The molecule has 0 spiro atoms. The second kappa shape index (κ2) is 14.2. The molecule has 0 N–H and O–H groups in total. The van der Waals surface area contributed by atoms with Gasteiger partial charge in [0, 0.05) is 16.5 Å². The molecule has 1 heteroatoms. The molecule has 1 aliphatic rings. The SMILES string of the molecule is C=CCCc1ccc(C#Cc2ccc3c(F)c(CCC4CCC(CCCCCC)CC4)ccc3c2)cc1. The van der Waals surface area contributed by atoms with Crippen LogP contribution in [0.1, 0.15) is 99.8 Å². The minimum Gasteiger partial charge on any atom is -0.206 e. The maximum atomic E-state index is 15.4. The zero-order valence-electron chi connectivity index (χ0n) is 22.7. The first kappa shape index (κ1) is 27.2. The summed E-state index contributed by atoms with van der Waals surface area (Å²) in [6.45, 7) is 6.07. The predicted octanol–water partition coefficient (Wildman–Crippen LogP) is 10.2. The summed E-state index contributed by atoms with van der Waals surface area (Å²) in [4.78, 5) is 0. The van der Waals surface area contributed by atoms with E-state index in [-0.39, 0.29) is 5.82 Å². The number of benzene rings is 3. The van der Waals surface area contributed by atoms with Crippen LogP contribution in [0.25, 0.3) is 10.8 Å². The Morgan fingerprint density at radius 3 is 2.24 bits per heavy atom. The van der Waals surface area contributed by atoms with Gasteiger partial charge in [-0.2, -0.15) is 0 Å². The number of allylic oxidation sites excluding steroid dienone is 1. The summed E-state index contributed by atoms with van der Waals surface area (Å²) in [6.07, 6.45) is 18.2. The standard InChI is InChI=1S/C36H43F/c1-3-5-7-8-10-29-13-17-31(18-14-29)21-23-33-24-25-34-27-32(22-26-35(34)36(33)37)20-19-30-15-11-28(12-16-30)9-6-4-2/h4,11-12,15-16,22,24-27,29,31H,2-3,5-10,13-14,17-18,21,23H2,1H3. The molecule has 1 aliphatic carbocycles. The highest BCUT2D eigenvalue weighted by Crippen LogP contribution is 2.35. The molecule has 0 aliphatic heterocycles. The zero-order valence-corrected chi connectivity index (χ0v) is 22.7. The first-order valence-electron chi connectivity index (χ1n) is 14.6. The van der Waals surface area contributed by atoms with Crippen molar-refractivity contribution in [1.82, 2.24) is 0 Å². The molecule has 0 amide bonds. The molecule has 0 saturated heterocycles. The van der Waals surface area contributed by atoms with E-state index in [2.05, 4.69) is 55.7 Å². The van der Waals surface area contributed by atoms with Gasteiger partial charge in [-0.05, 0) is 78.3 Å². The van der Waals surface area contributed by atoms with Gasteiger partial charge in [0.2, 0.25) is 0 Å². The van der Waals surface area contributed by atoms with E-state index in [4.69, 9.17) is 0 Å². The summed E-state index contributed by atoms with van der Waals surface area (Å²) in [5, 5.41) is 1.64. The molecule has 0 aromatic heterocycles. The zero-order chi connectivity index (χ0) is 25.9. The lowest BCUT2D eigenvalue weighted by Crippen LogP contribution is -2.15. The van der Waals surface area contributed by atoms with Gasteiger partial charge in [0.1, 0.15) is 5.82 Å². The maximum Gasteiger partial charge on any atom is 0.134 e. The Morgan fingerprint density at radius 1 is 0.811 bits per heavy atom. The predicted molar refractivity (Wildman–Crippen MR) is 157 cm³/mol. The Hall–Kier alpha value is -2.85. The summed E-state index contributed by atoms with van der Waals surface area (Å²) in [5.74, 6) is 8.15. The van der Waals surface area contributed by atoms with Crippen molar-refractivity contribution in [3.05, 3.63) is 95.3 Å². The van der Waals surface area contributed by atoms with Gasteiger partial charge in [0.25, 0.3) is 0 Å². The highest BCUT2D eigenvalue weighted by Gasteiger charge is 2.21. The monoisotopic (exact) mass is 494 g/mol. The molecule has 0 radical (unpaired) electrons. The molecule has 0 heterocycles. The number of hydrogen-bond acceptors (Lipinski definition) is 0. The van der Waals surface area contributed by atoms with Gasteiger partial charge in [0.05, 0.1) is 0 Å². The first-order chi connectivity index (χ1) is 18.2. The molecule has 0 nitrogen and oxygen atoms in total. The third-order valence-electron chi connectivity index (χ3n) is 8.23. The van der Waals surface area contributed by atoms with Gasteiger partial charge in [0.15, 0.2) is 0 Å². The smallest absolute Gasteiger partial charge is 0.134 e. The molecule has 4 rings (SSSR count). The van der Waals surface area contributed by atoms with Crippen molar-refractivity contribution in [2.45, 2.75) is 90.4 Å². The van der Waals surface area contributed by atoms with Crippen molar-refractivity contribution in [3.8, 4) is 11.8 Å². The third kappa shape index (κ3) is 8.07. The second-order valence-electron chi connectivity index (χ2n) is 11.0. The molecule has 0 unspecified atom stereocenters. The summed E-state index contributed by atoms with van der Waals surface area (Å²) >= 11 is 0. The lowest BCUT2D eigenvalue weighted by molar-refractivity contribution is 0.248. The molecule has 1 fully saturated rings. The van der Waals surface area contributed by atoms with Crippen molar-refractivity contribution < 1.29 is 4.39 Å². The Bertz CT molecular complexity index is 1200. The van der Waals surface area contributed by atoms with Crippen LogP contribution < -0.4 is 0 Å². The largest absolute Gasteiger partial charge is 0.206 e. The van der Waals surface area contributed by atoms with Gasteiger partial charge < -0.3 is 0 Å². The first-order valence-corrected chi connectivity index (χ1v) is 14.6. The van der Waals surface area contributed by atoms with Crippen LogP contribution in [-0.2, 0) is 12.8 Å². The fourth-order valence-corrected chi connectivity index (χ4v) is 5.80. The van der Waals surface area contributed by atoms with E-state index in [9.17, 15) is 0 Å². The molecular weight excluding hydrogens is 451 g/mol. The normalized spacial score (nSPS) is 17.4. The molecule has 37 heavy (non-hydrogen) atoms. The van der Waals surface area contributed by atoms with Crippen molar-refractivity contribution in [1.29, 1.82) is 0 Å². The van der Waals surface area contributed by atoms with Gasteiger partial charge in [-0.15, -0.1) is 6.58 Å². The molecule has 3 aromatic rings. The van der Waals surface area contributed by atoms with Gasteiger partial charge in [-0.25, -0.2) is 4.39 Å². The van der Waals surface area contributed by atoms with E-state index in [0.29, 0.717) is 5.39 Å². The van der Waals surface area contributed by atoms with Crippen molar-refractivity contribution in [3.63, 3.8) is 0 Å². The van der Waals surface area contributed by atoms with E-state index in [0.717, 1.165) is 59.6 Å². The number of fused-ring (bicyclic) bond motifs is 1. The number of unbranched alkanes of at least 4 members (excludes halogenated alkanes) is 3. The molecular formula is C36H43F. The van der Waals surface area contributed by atoms with Crippen LogP contribution in [-0.4, -0.2) is 0 Å². The topological polar surface area (TPSA) is 0 Å². The minimum absolute atomic E-state index is 0.0447. The summed E-state index contributed by atoms with van der Waals surface area (Å²) in [5.41, 5.74) is 4.08. The average molecular weight is 495 g/mol. The van der Waals surface area contributed by atoms with Gasteiger partial charge >= 0.3 is 0 Å². The minimum atomic E-state index is -0.0447. The summed E-state index contributed by atoms with van der Waals surface area (Å²) < 4.78 is 15.4. The fraction of sp³-hybridized carbons (Fsp3) is 0.444. The van der Waals surface area contributed by atoms with Crippen LogP contribution in [0.5, 0.6) is 0 Å². The second-order valence-corrected chi connectivity index (χ2v) is 11.0. The fourth-order valence-electron chi connectivity index (χ4n) is 5.80. The summed E-state index contributed by atoms with van der Waals surface area (Å²) in [6, 6.07) is 18.3. The Labute approximate surface area is 224 Å². The van der Waals surface area contributed by atoms with Crippen molar-refractivity contribution in [2.24, 2.45) is 11.8 Å². The van der Waals surface area contributed by atoms with Crippen molar-refractivity contribution >= 4 is 10.8 Å². The average Bonchev–Trinajstić information content (AvgIpc) is 2.94. The van der Waals surface area contributed by atoms with E-state index in [1.807, 2.05) is 30.3 Å². The number of rotatable bonds is 11. The van der Waals surface area contributed by atoms with Crippen LogP contribution in [0.3, 0.4) is 0 Å². The van der Waals surface area contributed by atoms with Crippen LogP contribution >= 0.6 is 0 Å². The van der Waals surface area contributed by atoms with Crippen LogP contribution in [0.2, 0.25) is 0 Å². The number of halogens is 1. The highest BCUT2D eigenvalue weighted by atomic mass is 19.1. The van der Waals surface area contributed by atoms with E-state index < -0.39 is 0 Å². The Morgan fingerprint density at radius 2 is 1.51 bits per heavy atom. The summed E-state index contributed by atoms with van der Waals surface area (Å²) in [7, 11) is 0. The molecule has 1 saturated carbocycles. The Balaban J connectivity index is 1.31. The molecule has 0 bridgehead atoms. The van der Waals surface area contributed by atoms with E-state index in [1.165, 1.54) is 63.4 Å². The lowest BCUT2D eigenvalue weighted by atomic mass is 9.77. The Kier molecular flexibility index (Phi) is 10.4. The quantitative estimate of drug-likeness (QED) is 0.141. The third-order valence-corrected chi connectivity index (χ3v) is 8.23.